The molecule has 19 heavy (non-hydrogen) atoms. The summed E-state index contributed by atoms with van der Waals surface area (Å²) in [6.07, 6.45) is 1.47. The number of hydrogen-bond donors (Lipinski definition) is 1. The van der Waals surface area contributed by atoms with Gasteiger partial charge in [-0.2, -0.15) is 0 Å². The van der Waals surface area contributed by atoms with E-state index < -0.39 is 5.97 Å². The van der Waals surface area contributed by atoms with Crippen LogP contribution < -0.4 is 5.73 Å². The van der Waals surface area contributed by atoms with Crippen molar-refractivity contribution in [1.82, 2.24) is 0 Å². The lowest BCUT2D eigenvalue weighted by Crippen LogP contribution is -2.02. The summed E-state index contributed by atoms with van der Waals surface area (Å²) in [6.45, 7) is 0. The predicted octanol–water partition coefficient (Wildman–Crippen LogP) is 3.59. The first-order valence-corrected chi connectivity index (χ1v) is 6.80. The summed E-state index contributed by atoms with van der Waals surface area (Å²) in [5.74, 6) is 0.301. The summed E-state index contributed by atoms with van der Waals surface area (Å²) < 4.78 is 9.76. The molecule has 0 unspecified atom stereocenters. The van der Waals surface area contributed by atoms with Gasteiger partial charge in [0.2, 0.25) is 5.76 Å². The molecule has 0 spiro atoms. The second-order valence-corrected chi connectivity index (χ2v) is 5.17. The molecule has 1 heterocycles. The Balaban J connectivity index is 2.10. The van der Waals surface area contributed by atoms with Crippen molar-refractivity contribution in [1.29, 1.82) is 0 Å². The number of nitrogens with two attached hydrogens (primary N) is 1. The Morgan fingerprint density at radius 3 is 2.95 bits per heavy atom. The first-order valence-electron chi connectivity index (χ1n) is 5.44. The van der Waals surface area contributed by atoms with Crippen LogP contribution in [0.25, 0.3) is 0 Å². The van der Waals surface area contributed by atoms with Crippen molar-refractivity contribution in [2.45, 2.75) is 10.6 Å². The largest absolute Gasteiger partial charge is 0.463 e. The summed E-state index contributed by atoms with van der Waals surface area (Å²) >= 11 is 7.58. The van der Waals surface area contributed by atoms with Gasteiger partial charge in [-0.1, -0.05) is 11.6 Å². The Hall–Kier alpha value is -1.59. The third-order valence-electron chi connectivity index (χ3n) is 2.46. The molecule has 0 radical (unpaired) electrons. The highest BCUT2D eigenvalue weighted by Crippen LogP contribution is 2.32. The molecular weight excluding hydrogens is 286 g/mol. The molecule has 2 N–H and O–H groups in total. The molecule has 0 saturated heterocycles. The fourth-order valence-corrected chi connectivity index (χ4v) is 2.76. The maximum Gasteiger partial charge on any atom is 0.374 e. The highest BCUT2D eigenvalue weighted by atomic mass is 35.5. The minimum atomic E-state index is -0.482. The van der Waals surface area contributed by atoms with Crippen molar-refractivity contribution >= 4 is 35.0 Å². The highest BCUT2D eigenvalue weighted by molar-refractivity contribution is 7.98. The Kier molecular flexibility index (Phi) is 4.39. The number of carbonyl (C=O) groups is 1. The topological polar surface area (TPSA) is 65.5 Å². The van der Waals surface area contributed by atoms with Crippen LogP contribution in [0, 0.1) is 0 Å². The maximum absolute atomic E-state index is 11.5. The molecule has 100 valence electrons. The van der Waals surface area contributed by atoms with Crippen LogP contribution >= 0.6 is 23.4 Å². The standard InChI is InChI=1S/C13H12ClNO3S/c1-17-13(16)12-8(4-5-18-12)7-19-11-3-2-9(15)6-10(11)14/h2-6H,7,15H2,1H3. The van der Waals surface area contributed by atoms with Gasteiger partial charge in [0.05, 0.1) is 18.4 Å². The van der Waals surface area contributed by atoms with E-state index in [1.807, 2.05) is 6.07 Å². The summed E-state index contributed by atoms with van der Waals surface area (Å²) in [7, 11) is 1.32. The van der Waals surface area contributed by atoms with Gasteiger partial charge in [-0.15, -0.1) is 11.8 Å². The number of nitrogen functional groups attached to an aromatic ring is 1. The van der Waals surface area contributed by atoms with Crippen LogP contribution in [0.2, 0.25) is 5.02 Å². The lowest BCUT2D eigenvalue weighted by atomic mass is 10.3. The first-order chi connectivity index (χ1) is 9.11. The van der Waals surface area contributed by atoms with Crippen molar-refractivity contribution < 1.29 is 13.9 Å². The molecule has 0 amide bonds. The van der Waals surface area contributed by atoms with E-state index in [0.717, 1.165) is 10.5 Å². The zero-order chi connectivity index (χ0) is 13.8. The monoisotopic (exact) mass is 297 g/mol. The second-order valence-electron chi connectivity index (χ2n) is 3.75. The third kappa shape index (κ3) is 3.24. The number of anilines is 1. The van der Waals surface area contributed by atoms with Gasteiger partial charge in [-0.25, -0.2) is 4.79 Å². The van der Waals surface area contributed by atoms with E-state index in [9.17, 15) is 4.79 Å². The van der Waals surface area contributed by atoms with Crippen molar-refractivity contribution in [2.24, 2.45) is 0 Å². The molecule has 0 fully saturated rings. The SMILES string of the molecule is COC(=O)c1occc1CSc1ccc(N)cc1Cl. The minimum Gasteiger partial charge on any atom is -0.463 e. The Morgan fingerprint density at radius 2 is 2.26 bits per heavy atom. The van der Waals surface area contributed by atoms with E-state index in [1.165, 1.54) is 25.1 Å². The van der Waals surface area contributed by atoms with Gasteiger partial charge in [0.15, 0.2) is 0 Å². The Bertz CT molecular complexity index is 597. The quantitative estimate of drug-likeness (QED) is 0.531. The van der Waals surface area contributed by atoms with Crippen LogP contribution in [-0.2, 0) is 10.5 Å². The van der Waals surface area contributed by atoms with Gasteiger partial charge >= 0.3 is 5.97 Å². The van der Waals surface area contributed by atoms with Crippen molar-refractivity contribution in [3.63, 3.8) is 0 Å². The number of esters is 1. The second kappa shape index (κ2) is 6.04. The van der Waals surface area contributed by atoms with Gasteiger partial charge in [-0.05, 0) is 24.3 Å². The van der Waals surface area contributed by atoms with E-state index in [2.05, 4.69) is 4.74 Å². The van der Waals surface area contributed by atoms with Crippen LogP contribution in [-0.4, -0.2) is 13.1 Å². The van der Waals surface area contributed by atoms with E-state index in [4.69, 9.17) is 21.8 Å². The molecule has 6 heteroatoms. The first kappa shape index (κ1) is 13.8. The molecule has 2 rings (SSSR count). The van der Waals surface area contributed by atoms with Gasteiger partial charge in [0.25, 0.3) is 0 Å². The Morgan fingerprint density at radius 1 is 1.47 bits per heavy atom. The van der Waals surface area contributed by atoms with E-state index in [1.54, 1.807) is 18.2 Å². The van der Waals surface area contributed by atoms with Crippen LogP contribution in [0.3, 0.4) is 0 Å². The molecule has 1 aromatic carbocycles. The summed E-state index contributed by atoms with van der Waals surface area (Å²) in [6, 6.07) is 7.07. The predicted molar refractivity (Wildman–Crippen MR) is 75.5 cm³/mol. The maximum atomic E-state index is 11.5. The average Bonchev–Trinajstić information content (AvgIpc) is 2.85. The number of carbonyl (C=O) groups excluding carboxylic acids is 1. The molecule has 0 atom stereocenters. The molecule has 1 aromatic heterocycles. The molecular formula is C13H12ClNO3S. The van der Waals surface area contributed by atoms with Gasteiger partial charge in [0, 0.05) is 21.9 Å². The van der Waals surface area contributed by atoms with Crippen molar-refractivity contribution in [3.05, 3.63) is 46.9 Å². The van der Waals surface area contributed by atoms with Crippen LogP contribution in [0.1, 0.15) is 16.1 Å². The number of thioether (sulfide) groups is 1. The highest BCUT2D eigenvalue weighted by Gasteiger charge is 2.16. The smallest absolute Gasteiger partial charge is 0.374 e. The molecule has 0 aliphatic carbocycles. The number of hydrogen-bond acceptors (Lipinski definition) is 5. The molecule has 0 aliphatic rings. The van der Waals surface area contributed by atoms with E-state index in [-0.39, 0.29) is 5.76 Å². The van der Waals surface area contributed by atoms with Gasteiger partial charge < -0.3 is 14.9 Å². The molecule has 4 nitrogen and oxygen atoms in total. The van der Waals surface area contributed by atoms with E-state index >= 15 is 0 Å². The number of rotatable bonds is 4. The van der Waals surface area contributed by atoms with Crippen LogP contribution in [0.5, 0.6) is 0 Å². The van der Waals surface area contributed by atoms with Crippen molar-refractivity contribution in [2.75, 3.05) is 12.8 Å². The fourth-order valence-electron chi connectivity index (χ4n) is 1.51. The molecule has 2 aromatic rings. The zero-order valence-electron chi connectivity index (χ0n) is 10.2. The Labute approximate surface area is 119 Å². The number of halogens is 1. The van der Waals surface area contributed by atoms with Crippen LogP contribution in [0.15, 0.2) is 39.8 Å². The molecule has 0 bridgehead atoms. The fraction of sp³-hybridized carbons (Fsp3) is 0.154. The lowest BCUT2D eigenvalue weighted by molar-refractivity contribution is 0.0564. The summed E-state index contributed by atoms with van der Waals surface area (Å²) in [5, 5.41) is 0.591. The van der Waals surface area contributed by atoms with Crippen LogP contribution in [0.4, 0.5) is 5.69 Å². The summed E-state index contributed by atoms with van der Waals surface area (Å²) in [4.78, 5) is 12.3. The third-order valence-corrected chi connectivity index (χ3v) is 4.00. The molecule has 0 saturated carbocycles. The summed E-state index contributed by atoms with van der Waals surface area (Å²) in [5.41, 5.74) is 7.02. The number of methoxy groups -OCH3 is 1. The van der Waals surface area contributed by atoms with E-state index in [0.29, 0.717) is 16.5 Å². The number of ether oxygens (including phenoxy) is 1. The number of furan rings is 1. The lowest BCUT2D eigenvalue weighted by Gasteiger charge is -2.05. The molecule has 0 aliphatic heterocycles. The van der Waals surface area contributed by atoms with Gasteiger partial charge in [-0.3, -0.25) is 0 Å². The number of benzene rings is 1. The average molecular weight is 298 g/mol. The normalized spacial score (nSPS) is 10.4. The zero-order valence-corrected chi connectivity index (χ0v) is 11.8. The minimum absolute atomic E-state index is 0.224. The van der Waals surface area contributed by atoms with Crippen molar-refractivity contribution in [3.8, 4) is 0 Å². The van der Waals surface area contributed by atoms with Gasteiger partial charge in [0.1, 0.15) is 0 Å².